The monoisotopic (exact) mass is 276 g/mol. The van der Waals surface area contributed by atoms with Crippen molar-refractivity contribution < 1.29 is 5.11 Å². The second kappa shape index (κ2) is 6.17. The zero-order valence-corrected chi connectivity index (χ0v) is 12.4. The Kier molecular flexibility index (Phi) is 4.56. The van der Waals surface area contributed by atoms with Crippen molar-refractivity contribution >= 4 is 16.5 Å². The Bertz CT molecular complexity index is 522. The molecule has 0 spiro atoms. The number of rotatable bonds is 5. The summed E-state index contributed by atoms with van der Waals surface area (Å²) in [7, 11) is 0. The van der Waals surface area contributed by atoms with Crippen molar-refractivity contribution in [2.75, 3.05) is 11.4 Å². The molecule has 3 nitrogen and oxygen atoms in total. The summed E-state index contributed by atoms with van der Waals surface area (Å²) < 4.78 is 0. The van der Waals surface area contributed by atoms with E-state index in [2.05, 4.69) is 41.1 Å². The fraction of sp³-hybridized carbons (Fsp3) is 0.400. The molecule has 0 fully saturated rings. The molecular weight excluding hydrogens is 256 g/mol. The third-order valence-corrected chi connectivity index (χ3v) is 4.46. The van der Waals surface area contributed by atoms with E-state index in [-0.39, 0.29) is 0 Å². The number of hydrogen-bond acceptors (Lipinski definition) is 4. The molecule has 0 bridgehead atoms. The van der Waals surface area contributed by atoms with E-state index >= 15 is 0 Å². The van der Waals surface area contributed by atoms with Gasteiger partial charge in [-0.15, -0.1) is 0 Å². The van der Waals surface area contributed by atoms with Gasteiger partial charge in [-0.2, -0.15) is 0 Å². The van der Waals surface area contributed by atoms with E-state index in [4.69, 9.17) is 0 Å². The average Bonchev–Trinajstić information content (AvgIpc) is 2.79. The average molecular weight is 276 g/mol. The summed E-state index contributed by atoms with van der Waals surface area (Å²) in [6.45, 7) is 7.63. The van der Waals surface area contributed by atoms with Crippen LogP contribution in [0.4, 0.5) is 5.13 Å². The van der Waals surface area contributed by atoms with Gasteiger partial charge >= 0.3 is 0 Å². The van der Waals surface area contributed by atoms with Crippen LogP contribution in [0.1, 0.15) is 36.1 Å². The fourth-order valence-corrected chi connectivity index (χ4v) is 3.10. The zero-order valence-electron chi connectivity index (χ0n) is 11.6. The van der Waals surface area contributed by atoms with Crippen molar-refractivity contribution in [3.8, 4) is 0 Å². The summed E-state index contributed by atoms with van der Waals surface area (Å²) in [5, 5.41) is 10.7. The third kappa shape index (κ3) is 3.33. The molecule has 0 radical (unpaired) electrons. The maximum atomic E-state index is 9.71. The largest absolute Gasteiger partial charge is 0.388 e. The molecule has 2 rings (SSSR count). The molecule has 1 atom stereocenters. The van der Waals surface area contributed by atoms with E-state index in [9.17, 15) is 5.11 Å². The van der Waals surface area contributed by atoms with Crippen LogP contribution < -0.4 is 4.90 Å². The minimum Gasteiger partial charge on any atom is -0.388 e. The number of aliphatic hydroxyl groups excluding tert-OH is 1. The number of aliphatic hydroxyl groups is 1. The van der Waals surface area contributed by atoms with E-state index in [0.717, 1.165) is 28.8 Å². The number of benzene rings is 1. The first-order chi connectivity index (χ1) is 9.11. The maximum Gasteiger partial charge on any atom is 0.186 e. The first-order valence-electron chi connectivity index (χ1n) is 6.56. The summed E-state index contributed by atoms with van der Waals surface area (Å²) in [6.07, 6.45) is -0.443. The minimum absolute atomic E-state index is 0.443. The molecule has 102 valence electrons. The van der Waals surface area contributed by atoms with Gasteiger partial charge in [0, 0.05) is 13.1 Å². The van der Waals surface area contributed by atoms with Gasteiger partial charge < -0.3 is 10.0 Å². The first-order valence-corrected chi connectivity index (χ1v) is 7.37. The van der Waals surface area contributed by atoms with Gasteiger partial charge in [-0.05, 0) is 26.3 Å². The molecule has 0 amide bonds. The highest BCUT2D eigenvalue weighted by atomic mass is 32.1. The molecule has 1 unspecified atom stereocenters. The van der Waals surface area contributed by atoms with Gasteiger partial charge in [-0.25, -0.2) is 4.98 Å². The van der Waals surface area contributed by atoms with Crippen LogP contribution in [0, 0.1) is 6.92 Å². The van der Waals surface area contributed by atoms with E-state index in [1.54, 1.807) is 18.3 Å². The van der Waals surface area contributed by atoms with Crippen LogP contribution in [0.25, 0.3) is 0 Å². The molecule has 0 saturated heterocycles. The molecule has 0 aliphatic carbocycles. The van der Waals surface area contributed by atoms with Crippen molar-refractivity contribution in [2.45, 2.75) is 33.4 Å². The van der Waals surface area contributed by atoms with Crippen LogP contribution in [0.5, 0.6) is 0 Å². The normalized spacial score (nSPS) is 12.4. The molecule has 0 saturated carbocycles. The number of aryl methyl sites for hydroxylation is 1. The second-order valence-electron chi connectivity index (χ2n) is 4.62. The molecule has 0 aliphatic rings. The maximum absolute atomic E-state index is 9.71. The van der Waals surface area contributed by atoms with E-state index in [0.29, 0.717) is 0 Å². The lowest BCUT2D eigenvalue weighted by atomic mass is 10.2. The van der Waals surface area contributed by atoms with Crippen molar-refractivity contribution in [1.82, 2.24) is 4.98 Å². The topological polar surface area (TPSA) is 36.4 Å². The highest BCUT2D eigenvalue weighted by Crippen LogP contribution is 2.31. The van der Waals surface area contributed by atoms with Crippen molar-refractivity contribution in [1.29, 1.82) is 0 Å². The van der Waals surface area contributed by atoms with E-state index in [1.807, 2.05) is 13.0 Å². The Hall–Kier alpha value is -1.39. The molecule has 4 heteroatoms. The molecule has 1 aromatic carbocycles. The van der Waals surface area contributed by atoms with Gasteiger partial charge in [0.15, 0.2) is 5.13 Å². The fourth-order valence-electron chi connectivity index (χ4n) is 2.03. The Morgan fingerprint density at radius 2 is 2.00 bits per heavy atom. The summed E-state index contributed by atoms with van der Waals surface area (Å²) in [4.78, 5) is 7.78. The predicted molar refractivity (Wildman–Crippen MR) is 80.7 cm³/mol. The van der Waals surface area contributed by atoms with Crippen LogP contribution in [-0.2, 0) is 6.54 Å². The van der Waals surface area contributed by atoms with Gasteiger partial charge in [0.1, 0.15) is 0 Å². The van der Waals surface area contributed by atoms with Crippen LogP contribution >= 0.6 is 11.3 Å². The quantitative estimate of drug-likeness (QED) is 0.907. The second-order valence-corrected chi connectivity index (χ2v) is 5.63. The van der Waals surface area contributed by atoms with E-state index in [1.165, 1.54) is 5.56 Å². The number of hydrogen-bond donors (Lipinski definition) is 1. The molecule has 2 aromatic rings. The number of nitrogens with zero attached hydrogens (tertiary/aromatic N) is 2. The van der Waals surface area contributed by atoms with Crippen LogP contribution in [0.2, 0.25) is 0 Å². The van der Waals surface area contributed by atoms with Gasteiger partial charge in [0.2, 0.25) is 0 Å². The smallest absolute Gasteiger partial charge is 0.186 e. The minimum atomic E-state index is -0.443. The Labute approximate surface area is 118 Å². The van der Waals surface area contributed by atoms with Crippen molar-refractivity contribution in [2.24, 2.45) is 0 Å². The molecule has 0 aliphatic heterocycles. The molecule has 19 heavy (non-hydrogen) atoms. The van der Waals surface area contributed by atoms with Gasteiger partial charge in [-0.1, -0.05) is 41.7 Å². The number of aromatic nitrogens is 1. The summed E-state index contributed by atoms with van der Waals surface area (Å²) in [6, 6.07) is 10.4. The van der Waals surface area contributed by atoms with Crippen LogP contribution in [0.3, 0.4) is 0 Å². The Morgan fingerprint density at radius 3 is 2.53 bits per heavy atom. The summed E-state index contributed by atoms with van der Waals surface area (Å²) in [5.41, 5.74) is 2.21. The van der Waals surface area contributed by atoms with Crippen LogP contribution in [0.15, 0.2) is 30.3 Å². The predicted octanol–water partition coefficient (Wildman–Crippen LogP) is 3.53. The van der Waals surface area contributed by atoms with E-state index < -0.39 is 6.10 Å². The first kappa shape index (κ1) is 14.0. The highest BCUT2D eigenvalue weighted by molar-refractivity contribution is 7.15. The summed E-state index contributed by atoms with van der Waals surface area (Å²) >= 11 is 1.58. The lowest BCUT2D eigenvalue weighted by Crippen LogP contribution is -2.21. The Balaban J connectivity index is 2.20. The summed E-state index contributed by atoms with van der Waals surface area (Å²) in [5.74, 6) is 0. The molecule has 1 heterocycles. The van der Waals surface area contributed by atoms with Crippen LogP contribution in [-0.4, -0.2) is 16.6 Å². The van der Waals surface area contributed by atoms with Crippen molar-refractivity contribution in [3.05, 3.63) is 46.5 Å². The van der Waals surface area contributed by atoms with Gasteiger partial charge in [-0.3, -0.25) is 0 Å². The number of anilines is 1. The zero-order chi connectivity index (χ0) is 13.8. The Morgan fingerprint density at radius 1 is 1.32 bits per heavy atom. The number of thiazole rings is 1. The highest BCUT2D eigenvalue weighted by Gasteiger charge is 2.16. The van der Waals surface area contributed by atoms with Gasteiger partial charge in [0.25, 0.3) is 0 Å². The lowest BCUT2D eigenvalue weighted by Gasteiger charge is -2.19. The third-order valence-electron chi connectivity index (χ3n) is 3.07. The van der Waals surface area contributed by atoms with Crippen molar-refractivity contribution in [3.63, 3.8) is 0 Å². The molecule has 1 aromatic heterocycles. The lowest BCUT2D eigenvalue weighted by molar-refractivity contribution is 0.202. The molecule has 1 N–H and O–H groups in total. The molecular formula is C15H20N2OS. The SMILES string of the molecule is CCN(Cc1ccccc1)c1nc(C)c(C(C)O)s1. The van der Waals surface area contributed by atoms with Gasteiger partial charge in [0.05, 0.1) is 16.7 Å². The standard InChI is InChI=1S/C15H20N2OS/c1-4-17(10-13-8-6-5-7-9-13)15-16-11(2)14(19-15)12(3)18/h5-9,12,18H,4,10H2,1-3H3.